The molecule has 0 amide bonds. The predicted octanol–water partition coefficient (Wildman–Crippen LogP) is 3.89. The van der Waals surface area contributed by atoms with Crippen LogP contribution in [0.1, 0.15) is 16.8 Å². The van der Waals surface area contributed by atoms with E-state index < -0.39 is 0 Å². The van der Waals surface area contributed by atoms with Crippen LogP contribution >= 0.6 is 31.9 Å². The van der Waals surface area contributed by atoms with Gasteiger partial charge in [-0.15, -0.1) is 0 Å². The first-order valence-electron chi connectivity index (χ1n) is 5.43. The number of rotatable bonds is 1. The van der Waals surface area contributed by atoms with E-state index in [1.807, 2.05) is 26.0 Å². The van der Waals surface area contributed by atoms with Crippen LogP contribution in [0.2, 0.25) is 0 Å². The Bertz CT molecular complexity index is 654. The molecule has 1 heterocycles. The van der Waals surface area contributed by atoms with E-state index in [1.165, 1.54) is 0 Å². The maximum Gasteiger partial charge on any atom is 0.265 e. The van der Waals surface area contributed by atoms with E-state index >= 15 is 0 Å². The molecule has 0 saturated heterocycles. The van der Waals surface area contributed by atoms with E-state index in [0.717, 1.165) is 21.2 Å². The van der Waals surface area contributed by atoms with Crippen LogP contribution in [-0.2, 0) is 0 Å². The van der Waals surface area contributed by atoms with Gasteiger partial charge in [-0.05, 0) is 60.0 Å². The lowest BCUT2D eigenvalue weighted by molar-refractivity contribution is 1.05. The van der Waals surface area contributed by atoms with E-state index in [-0.39, 0.29) is 5.56 Å². The Kier molecular flexibility index (Phi) is 3.73. The normalized spacial score (nSPS) is 10.7. The minimum Gasteiger partial charge on any atom is -0.306 e. The summed E-state index contributed by atoms with van der Waals surface area (Å²) in [7, 11) is 0. The van der Waals surface area contributed by atoms with Crippen molar-refractivity contribution < 1.29 is 0 Å². The van der Waals surface area contributed by atoms with Gasteiger partial charge in [0.25, 0.3) is 5.56 Å². The quantitative estimate of drug-likeness (QED) is 0.826. The summed E-state index contributed by atoms with van der Waals surface area (Å²) in [6.45, 7) is 5.84. The smallest absolute Gasteiger partial charge is 0.265 e. The van der Waals surface area contributed by atoms with Gasteiger partial charge in [0, 0.05) is 10.0 Å². The summed E-state index contributed by atoms with van der Waals surface area (Å²) in [6, 6.07) is 4.01. The summed E-state index contributed by atoms with van der Waals surface area (Å²) in [6.07, 6.45) is 0. The van der Waals surface area contributed by atoms with Crippen molar-refractivity contribution in [3.05, 3.63) is 48.3 Å². The van der Waals surface area contributed by atoms with E-state index in [4.69, 9.17) is 0 Å². The number of halogens is 2. The molecule has 3 nitrogen and oxygen atoms in total. The van der Waals surface area contributed by atoms with Crippen molar-refractivity contribution in [2.75, 3.05) is 0 Å². The fraction of sp³-hybridized carbons (Fsp3) is 0.231. The maximum atomic E-state index is 11.7. The summed E-state index contributed by atoms with van der Waals surface area (Å²) >= 11 is 6.74. The molecule has 2 rings (SSSR count). The molecule has 0 aliphatic heterocycles. The summed E-state index contributed by atoms with van der Waals surface area (Å²) in [4.78, 5) is 18.9. The third-order valence-electron chi connectivity index (χ3n) is 2.74. The van der Waals surface area contributed by atoms with Crippen LogP contribution in [0, 0.1) is 20.8 Å². The monoisotopic (exact) mass is 370 g/mol. The topological polar surface area (TPSA) is 45.8 Å². The number of nitrogens with zero attached hydrogens (tertiary/aromatic N) is 1. The molecule has 0 bridgehead atoms. The van der Waals surface area contributed by atoms with Crippen molar-refractivity contribution >= 4 is 31.9 Å². The molecule has 2 aromatic rings. The second-order valence-corrected chi connectivity index (χ2v) is 5.82. The first kappa shape index (κ1) is 13.5. The molecule has 0 atom stereocenters. The lowest BCUT2D eigenvalue weighted by Crippen LogP contribution is -2.12. The standard InChI is InChI=1S/C13H12Br2N2O/c1-6-4-9(5-7(2)10(6)14)12-16-8(3)11(15)13(18)17-12/h4-5H,1-3H3,(H,16,17,18). The van der Waals surface area contributed by atoms with Crippen molar-refractivity contribution in [2.45, 2.75) is 20.8 Å². The van der Waals surface area contributed by atoms with Crippen molar-refractivity contribution in [3.8, 4) is 11.4 Å². The molecule has 0 saturated carbocycles. The van der Waals surface area contributed by atoms with Gasteiger partial charge in [0.1, 0.15) is 10.3 Å². The molecule has 0 aliphatic carbocycles. The number of hydrogen-bond donors (Lipinski definition) is 1. The van der Waals surface area contributed by atoms with Crippen molar-refractivity contribution in [1.29, 1.82) is 0 Å². The zero-order valence-electron chi connectivity index (χ0n) is 10.3. The Hall–Kier alpha value is -0.940. The molecule has 1 aromatic carbocycles. The third kappa shape index (κ3) is 2.42. The second-order valence-electron chi connectivity index (χ2n) is 4.24. The number of H-pyrrole nitrogens is 1. The molecule has 0 aliphatic rings. The van der Waals surface area contributed by atoms with E-state index in [9.17, 15) is 4.79 Å². The van der Waals surface area contributed by atoms with Crippen LogP contribution in [0.4, 0.5) is 0 Å². The van der Waals surface area contributed by atoms with E-state index in [2.05, 4.69) is 41.8 Å². The molecule has 0 fully saturated rings. The molecule has 0 radical (unpaired) electrons. The number of aromatic amines is 1. The van der Waals surface area contributed by atoms with Gasteiger partial charge in [0.15, 0.2) is 0 Å². The van der Waals surface area contributed by atoms with Gasteiger partial charge in [0.05, 0.1) is 5.69 Å². The number of nitrogens with one attached hydrogen (secondary N) is 1. The van der Waals surface area contributed by atoms with Gasteiger partial charge in [0.2, 0.25) is 0 Å². The van der Waals surface area contributed by atoms with Crippen LogP contribution in [0.5, 0.6) is 0 Å². The van der Waals surface area contributed by atoms with Gasteiger partial charge in [-0.3, -0.25) is 4.79 Å². The molecule has 0 unspecified atom stereocenters. The van der Waals surface area contributed by atoms with Crippen LogP contribution in [-0.4, -0.2) is 9.97 Å². The minimum absolute atomic E-state index is 0.157. The van der Waals surface area contributed by atoms with Gasteiger partial charge in [-0.1, -0.05) is 15.9 Å². The van der Waals surface area contributed by atoms with Crippen LogP contribution in [0.15, 0.2) is 25.9 Å². The molecule has 1 aromatic heterocycles. The van der Waals surface area contributed by atoms with Gasteiger partial charge in [-0.2, -0.15) is 0 Å². The highest BCUT2D eigenvalue weighted by molar-refractivity contribution is 9.10. The van der Waals surface area contributed by atoms with Gasteiger partial charge >= 0.3 is 0 Å². The molecule has 5 heteroatoms. The van der Waals surface area contributed by atoms with Gasteiger partial charge in [-0.25, -0.2) is 4.98 Å². The van der Waals surface area contributed by atoms with Crippen LogP contribution in [0.3, 0.4) is 0 Å². The summed E-state index contributed by atoms with van der Waals surface area (Å²) in [5.41, 5.74) is 3.69. The zero-order valence-corrected chi connectivity index (χ0v) is 13.4. The number of benzene rings is 1. The largest absolute Gasteiger partial charge is 0.306 e. The summed E-state index contributed by atoms with van der Waals surface area (Å²) < 4.78 is 1.57. The Morgan fingerprint density at radius 1 is 1.06 bits per heavy atom. The fourth-order valence-corrected chi connectivity index (χ4v) is 2.21. The molecular weight excluding hydrogens is 360 g/mol. The predicted molar refractivity (Wildman–Crippen MR) is 79.9 cm³/mol. The third-order valence-corrected chi connectivity index (χ3v) is 4.92. The highest BCUT2D eigenvalue weighted by Crippen LogP contribution is 2.26. The highest BCUT2D eigenvalue weighted by Gasteiger charge is 2.09. The minimum atomic E-state index is -0.157. The molecule has 0 spiro atoms. The average molecular weight is 372 g/mol. The first-order chi connectivity index (χ1) is 8.40. The molecule has 18 heavy (non-hydrogen) atoms. The lowest BCUT2D eigenvalue weighted by atomic mass is 10.1. The number of aryl methyl sites for hydroxylation is 3. The van der Waals surface area contributed by atoms with Crippen LogP contribution < -0.4 is 5.56 Å². The Morgan fingerprint density at radius 2 is 1.61 bits per heavy atom. The Labute approximate surface area is 122 Å². The SMILES string of the molecule is Cc1cc(-c2nc(C)c(Br)c(=O)[nH]2)cc(C)c1Br. The molecular formula is C13H12Br2N2O. The lowest BCUT2D eigenvalue weighted by Gasteiger charge is -2.08. The van der Waals surface area contributed by atoms with Crippen LogP contribution in [0.25, 0.3) is 11.4 Å². The second kappa shape index (κ2) is 4.97. The molecule has 1 N–H and O–H groups in total. The highest BCUT2D eigenvalue weighted by atomic mass is 79.9. The maximum absolute atomic E-state index is 11.7. The van der Waals surface area contributed by atoms with Crippen molar-refractivity contribution in [2.24, 2.45) is 0 Å². The van der Waals surface area contributed by atoms with E-state index in [1.54, 1.807) is 6.92 Å². The average Bonchev–Trinajstić information content (AvgIpc) is 2.31. The van der Waals surface area contributed by atoms with Crippen molar-refractivity contribution in [1.82, 2.24) is 9.97 Å². The van der Waals surface area contributed by atoms with E-state index in [0.29, 0.717) is 16.0 Å². The summed E-state index contributed by atoms with van der Waals surface area (Å²) in [5, 5.41) is 0. The Balaban J connectivity index is 2.66. The first-order valence-corrected chi connectivity index (χ1v) is 7.02. The fourth-order valence-electron chi connectivity index (χ4n) is 1.79. The summed E-state index contributed by atoms with van der Waals surface area (Å²) in [5.74, 6) is 0.597. The molecule has 94 valence electrons. The Morgan fingerprint density at radius 3 is 2.11 bits per heavy atom. The zero-order chi connectivity index (χ0) is 13.4. The van der Waals surface area contributed by atoms with Gasteiger partial charge < -0.3 is 4.98 Å². The number of hydrogen-bond acceptors (Lipinski definition) is 2. The van der Waals surface area contributed by atoms with Crippen molar-refractivity contribution in [3.63, 3.8) is 0 Å². The number of aromatic nitrogens is 2.